The van der Waals surface area contributed by atoms with Crippen molar-refractivity contribution in [2.24, 2.45) is 0 Å². The summed E-state index contributed by atoms with van der Waals surface area (Å²) in [5.41, 5.74) is 0.924. The molecule has 5 nitrogen and oxygen atoms in total. The van der Waals surface area contributed by atoms with Gasteiger partial charge >= 0.3 is 0 Å². The highest BCUT2D eigenvalue weighted by molar-refractivity contribution is 7.89. The molecule has 0 bridgehead atoms. The molecule has 0 fully saturated rings. The fourth-order valence-corrected chi connectivity index (χ4v) is 2.44. The molecule has 1 unspecified atom stereocenters. The Hall–Kier alpha value is -1.40. The monoisotopic (exact) mass is 257 g/mol. The van der Waals surface area contributed by atoms with Crippen LogP contribution in [0.3, 0.4) is 0 Å². The van der Waals surface area contributed by atoms with Crippen LogP contribution in [0.25, 0.3) is 0 Å². The number of likely N-dealkylation sites (N-methyl/N-ethyl adjacent to an activating group) is 1. The van der Waals surface area contributed by atoms with Crippen molar-refractivity contribution in [1.82, 2.24) is 4.31 Å². The minimum Gasteiger partial charge on any atom is -0.384 e. The van der Waals surface area contributed by atoms with Gasteiger partial charge in [0.2, 0.25) is 0 Å². The number of aliphatic hydroxyl groups is 1. The van der Waals surface area contributed by atoms with E-state index in [2.05, 4.69) is 0 Å². The zero-order valence-corrected chi connectivity index (χ0v) is 10.7. The first kappa shape index (κ1) is 13.7. The van der Waals surface area contributed by atoms with Crippen LogP contribution >= 0.6 is 0 Å². The van der Waals surface area contributed by atoms with Crippen LogP contribution < -0.4 is 0 Å². The van der Waals surface area contributed by atoms with Gasteiger partial charge < -0.3 is 5.11 Å². The third-order valence-corrected chi connectivity index (χ3v) is 4.12. The molecule has 0 aliphatic carbocycles. The topological polar surface area (TPSA) is 74.7 Å². The van der Waals surface area contributed by atoms with E-state index in [-0.39, 0.29) is 4.90 Å². The number of hydrogen-bond acceptors (Lipinski definition) is 4. The molecule has 94 valence electrons. The van der Waals surface area contributed by atoms with Gasteiger partial charge in [-0.1, -0.05) is 17.7 Å². The van der Waals surface area contributed by atoms with Crippen molar-refractivity contribution in [3.63, 3.8) is 0 Å². The third kappa shape index (κ3) is 2.83. The van der Waals surface area contributed by atoms with Crippen molar-refractivity contribution in [2.75, 3.05) is 7.05 Å². The third-order valence-electron chi connectivity index (χ3n) is 2.35. The molecule has 0 aromatic heterocycles. The van der Waals surface area contributed by atoms with Gasteiger partial charge in [0, 0.05) is 7.05 Å². The molecule has 0 saturated heterocycles. The van der Waals surface area contributed by atoms with Crippen LogP contribution in [0.15, 0.2) is 29.2 Å². The molecule has 0 spiro atoms. The summed E-state index contributed by atoms with van der Waals surface area (Å²) in [5.74, 6) is -0.856. The fourth-order valence-electron chi connectivity index (χ4n) is 1.25. The van der Waals surface area contributed by atoms with E-state index in [1.165, 1.54) is 19.1 Å². The molecular formula is C11H15NO4S. The lowest BCUT2D eigenvalue weighted by Crippen LogP contribution is -2.39. The number of benzene rings is 1. The van der Waals surface area contributed by atoms with E-state index in [1.54, 1.807) is 12.1 Å². The number of carbonyl (C=O) groups is 1. The van der Waals surface area contributed by atoms with Gasteiger partial charge in [-0.3, -0.25) is 4.79 Å². The summed E-state index contributed by atoms with van der Waals surface area (Å²) in [4.78, 5) is 11.5. The molecule has 0 saturated carbocycles. The van der Waals surface area contributed by atoms with E-state index in [4.69, 9.17) is 5.11 Å². The number of amides is 1. The predicted octanol–water partition coefficient (Wildman–Crippen LogP) is 0.523. The first-order valence-corrected chi connectivity index (χ1v) is 6.48. The Bertz CT molecular complexity index is 505. The summed E-state index contributed by atoms with van der Waals surface area (Å²) in [6.45, 7) is 3.06. The van der Waals surface area contributed by atoms with Gasteiger partial charge in [0.25, 0.3) is 15.9 Å². The normalized spacial score (nSPS) is 13.2. The second kappa shape index (κ2) is 4.85. The van der Waals surface area contributed by atoms with E-state index in [9.17, 15) is 13.2 Å². The molecule has 0 aliphatic rings. The predicted molar refractivity (Wildman–Crippen MR) is 62.8 cm³/mol. The number of aliphatic hydroxyl groups excluding tert-OH is 1. The minimum absolute atomic E-state index is 0.0274. The van der Waals surface area contributed by atoms with E-state index < -0.39 is 22.0 Å². The number of sulfonamides is 1. The number of rotatable bonds is 3. The maximum atomic E-state index is 12.0. The molecule has 1 amide bonds. The Labute approximate surface area is 101 Å². The number of hydrogen-bond donors (Lipinski definition) is 1. The van der Waals surface area contributed by atoms with Crippen LogP contribution in [0.4, 0.5) is 0 Å². The Morgan fingerprint density at radius 3 is 2.18 bits per heavy atom. The summed E-state index contributed by atoms with van der Waals surface area (Å²) in [6.07, 6.45) is -1.35. The quantitative estimate of drug-likeness (QED) is 0.856. The zero-order valence-electron chi connectivity index (χ0n) is 9.91. The van der Waals surface area contributed by atoms with Crippen molar-refractivity contribution < 1.29 is 18.3 Å². The highest BCUT2D eigenvalue weighted by atomic mass is 32.2. The van der Waals surface area contributed by atoms with Crippen molar-refractivity contribution in [3.05, 3.63) is 29.8 Å². The maximum absolute atomic E-state index is 12.0. The molecule has 1 aromatic rings. The van der Waals surface area contributed by atoms with Crippen molar-refractivity contribution in [1.29, 1.82) is 0 Å². The molecule has 1 N–H and O–H groups in total. The highest BCUT2D eigenvalue weighted by Gasteiger charge is 2.27. The molecule has 6 heteroatoms. The van der Waals surface area contributed by atoms with Crippen LogP contribution in [0.2, 0.25) is 0 Å². The van der Waals surface area contributed by atoms with Crippen LogP contribution in [0.5, 0.6) is 0 Å². The SMILES string of the molecule is Cc1ccc(S(=O)(=O)N(C)C(=O)C(C)O)cc1. The first-order chi connectivity index (χ1) is 7.76. The molecule has 0 aliphatic heterocycles. The second-order valence-corrected chi connectivity index (χ2v) is 5.77. The Morgan fingerprint density at radius 2 is 1.76 bits per heavy atom. The van der Waals surface area contributed by atoms with Crippen LogP contribution in [0, 0.1) is 6.92 Å². The Kier molecular flexibility index (Phi) is 3.90. The van der Waals surface area contributed by atoms with Gasteiger partial charge in [-0.15, -0.1) is 0 Å². The van der Waals surface area contributed by atoms with E-state index in [0.717, 1.165) is 12.6 Å². The smallest absolute Gasteiger partial charge is 0.266 e. The standard InChI is InChI=1S/C11H15NO4S/c1-8-4-6-10(7-5-8)17(15,16)12(3)11(14)9(2)13/h4-7,9,13H,1-3H3. The second-order valence-electron chi connectivity index (χ2n) is 3.80. The highest BCUT2D eigenvalue weighted by Crippen LogP contribution is 2.15. The number of nitrogens with zero attached hydrogens (tertiary/aromatic N) is 1. The molecule has 17 heavy (non-hydrogen) atoms. The van der Waals surface area contributed by atoms with Crippen LogP contribution in [-0.4, -0.2) is 36.9 Å². The summed E-state index contributed by atoms with van der Waals surface area (Å²) >= 11 is 0. The van der Waals surface area contributed by atoms with E-state index in [0.29, 0.717) is 4.31 Å². The fraction of sp³-hybridized carbons (Fsp3) is 0.364. The molecule has 1 atom stereocenters. The van der Waals surface area contributed by atoms with Crippen LogP contribution in [0.1, 0.15) is 12.5 Å². The average Bonchev–Trinajstić information content (AvgIpc) is 2.27. The summed E-state index contributed by atoms with van der Waals surface area (Å²) in [7, 11) is -2.75. The first-order valence-electron chi connectivity index (χ1n) is 5.04. The lowest BCUT2D eigenvalue weighted by molar-refractivity contribution is -0.133. The van der Waals surface area contributed by atoms with Gasteiger partial charge in [0.05, 0.1) is 4.90 Å². The molecule has 1 rings (SSSR count). The van der Waals surface area contributed by atoms with Gasteiger partial charge in [-0.05, 0) is 26.0 Å². The lowest BCUT2D eigenvalue weighted by atomic mass is 10.2. The molecular weight excluding hydrogens is 242 g/mol. The van der Waals surface area contributed by atoms with E-state index in [1.807, 2.05) is 6.92 Å². The lowest BCUT2D eigenvalue weighted by Gasteiger charge is -2.18. The molecule has 1 aromatic carbocycles. The Balaban J connectivity index is 3.11. The summed E-state index contributed by atoms with van der Waals surface area (Å²) in [6, 6.07) is 6.15. The van der Waals surface area contributed by atoms with E-state index >= 15 is 0 Å². The van der Waals surface area contributed by atoms with Crippen molar-refractivity contribution in [2.45, 2.75) is 24.8 Å². The van der Waals surface area contributed by atoms with Crippen molar-refractivity contribution >= 4 is 15.9 Å². The minimum atomic E-state index is -3.88. The van der Waals surface area contributed by atoms with Crippen molar-refractivity contribution in [3.8, 4) is 0 Å². The van der Waals surface area contributed by atoms with Gasteiger partial charge in [0.1, 0.15) is 6.10 Å². The van der Waals surface area contributed by atoms with Gasteiger partial charge in [-0.2, -0.15) is 0 Å². The summed E-state index contributed by atoms with van der Waals surface area (Å²) in [5, 5.41) is 9.09. The zero-order chi connectivity index (χ0) is 13.2. The Morgan fingerprint density at radius 1 is 1.29 bits per heavy atom. The largest absolute Gasteiger partial charge is 0.384 e. The number of aryl methyl sites for hydroxylation is 1. The van der Waals surface area contributed by atoms with Gasteiger partial charge in [-0.25, -0.2) is 12.7 Å². The number of carbonyl (C=O) groups excluding carboxylic acids is 1. The maximum Gasteiger partial charge on any atom is 0.266 e. The van der Waals surface area contributed by atoms with Crippen LogP contribution in [-0.2, 0) is 14.8 Å². The molecule has 0 heterocycles. The molecule has 0 radical (unpaired) electrons. The average molecular weight is 257 g/mol. The summed E-state index contributed by atoms with van der Waals surface area (Å²) < 4.78 is 24.5. The van der Waals surface area contributed by atoms with Gasteiger partial charge in [0.15, 0.2) is 0 Å².